The lowest BCUT2D eigenvalue weighted by Gasteiger charge is -2.27. The second-order valence-corrected chi connectivity index (χ2v) is 20.9. The number of hydrogen-bond acceptors (Lipinski definition) is 3. The van der Waals surface area contributed by atoms with E-state index in [1.54, 1.807) is 0 Å². The molecule has 2 aromatic heterocycles. The Bertz CT molecular complexity index is 2950. The first-order chi connectivity index (χ1) is 28.7. The van der Waals surface area contributed by atoms with Crippen LogP contribution >= 0.6 is 0 Å². The number of para-hydroxylation sites is 4. The molecule has 0 N–H and O–H groups in total. The molecule has 0 spiro atoms. The SMILES string of the molecule is [2H]C([2H])(c1cccc(N2CN(c3c(-c4ccccc4)cccc3-c3ccccc3)c3ccccc32)c1)c1ccc2c3ccccc3n(-c3cc([Si](C)(C)C)ccn3)c2c1. The highest BCUT2D eigenvalue weighted by Crippen LogP contribution is 2.50. The van der Waals surface area contributed by atoms with Gasteiger partial charge in [-0.25, -0.2) is 4.98 Å². The summed E-state index contributed by atoms with van der Waals surface area (Å²) in [5.74, 6) is 0.859. The largest absolute Gasteiger partial charge is 0.321 e. The van der Waals surface area contributed by atoms with Gasteiger partial charge in [-0.3, -0.25) is 4.57 Å². The Kier molecular flexibility index (Phi) is 8.05. The summed E-state index contributed by atoms with van der Waals surface area (Å²) in [6, 6.07) is 63.2. The normalized spacial score (nSPS) is 13.5. The number of aromatic nitrogens is 2. The van der Waals surface area contributed by atoms with Crippen LogP contribution in [0, 0.1) is 0 Å². The van der Waals surface area contributed by atoms with Gasteiger partial charge in [-0.2, -0.15) is 0 Å². The Labute approximate surface area is 338 Å². The van der Waals surface area contributed by atoms with Gasteiger partial charge in [-0.15, -0.1) is 0 Å². The second-order valence-electron chi connectivity index (χ2n) is 15.8. The lowest BCUT2D eigenvalue weighted by Crippen LogP contribution is -2.37. The van der Waals surface area contributed by atoms with Crippen molar-refractivity contribution < 1.29 is 2.74 Å². The molecule has 0 bridgehead atoms. The third-order valence-corrected chi connectivity index (χ3v) is 13.2. The second kappa shape index (κ2) is 14.1. The van der Waals surface area contributed by atoms with Crippen LogP contribution in [0.25, 0.3) is 49.9 Å². The minimum absolute atomic E-state index is 0.561. The fraction of sp³-hybridized carbons (Fsp3) is 0.0962. The van der Waals surface area contributed by atoms with E-state index in [-0.39, 0.29) is 0 Å². The van der Waals surface area contributed by atoms with Gasteiger partial charge in [-0.1, -0.05) is 158 Å². The predicted octanol–water partition coefficient (Wildman–Crippen LogP) is 12.9. The van der Waals surface area contributed by atoms with Gasteiger partial charge in [0.1, 0.15) is 12.5 Å². The highest BCUT2D eigenvalue weighted by molar-refractivity contribution is 6.88. The van der Waals surface area contributed by atoms with Gasteiger partial charge in [-0.05, 0) is 77.2 Å². The smallest absolute Gasteiger partial charge is 0.137 e. The molecule has 7 aromatic carbocycles. The van der Waals surface area contributed by atoms with Crippen LogP contribution < -0.4 is 15.0 Å². The van der Waals surface area contributed by atoms with Crippen molar-refractivity contribution in [1.29, 1.82) is 0 Å². The molecule has 57 heavy (non-hydrogen) atoms. The van der Waals surface area contributed by atoms with Crippen LogP contribution in [-0.2, 0) is 6.37 Å². The van der Waals surface area contributed by atoms with Crippen molar-refractivity contribution in [3.8, 4) is 28.1 Å². The average Bonchev–Trinajstić information content (AvgIpc) is 3.82. The van der Waals surface area contributed by atoms with Crippen molar-refractivity contribution in [2.75, 3.05) is 16.5 Å². The third kappa shape index (κ3) is 6.30. The van der Waals surface area contributed by atoms with E-state index in [4.69, 9.17) is 4.98 Å². The standard InChI is InChI=1S/C52H44N4Si/c1-57(2,3)42-30-31-53-51(35-42)56-47-25-11-10-22-45(47)46-29-28-38(34-50(46)56)32-37-16-14-21-41(33-37)54-36-55(49-27-13-12-26-48(49)54)52-43(39-17-6-4-7-18-39)23-15-24-44(52)40-19-8-5-9-20-40/h4-31,33-35H,32,36H2,1-3H3/i32D2. The van der Waals surface area contributed by atoms with Crippen LogP contribution in [0.3, 0.4) is 0 Å². The molecular weight excluding hydrogens is 709 g/mol. The van der Waals surface area contributed by atoms with Gasteiger partial charge < -0.3 is 9.80 Å². The molecule has 1 aliphatic rings. The van der Waals surface area contributed by atoms with Crippen molar-refractivity contribution in [2.45, 2.75) is 26.0 Å². The van der Waals surface area contributed by atoms with Crippen molar-refractivity contribution in [1.82, 2.24) is 9.55 Å². The summed E-state index contributed by atoms with van der Waals surface area (Å²) in [6.45, 7) is 7.61. The molecule has 9 aromatic rings. The Morgan fingerprint density at radius 2 is 1.16 bits per heavy atom. The Balaban J connectivity index is 1.07. The summed E-state index contributed by atoms with van der Waals surface area (Å²) in [5, 5.41) is 3.53. The number of fused-ring (bicyclic) bond motifs is 4. The molecule has 0 unspecified atom stereocenters. The summed E-state index contributed by atoms with van der Waals surface area (Å²) in [7, 11) is -1.62. The van der Waals surface area contributed by atoms with Crippen LogP contribution in [0.15, 0.2) is 188 Å². The predicted molar refractivity (Wildman–Crippen MR) is 244 cm³/mol. The molecule has 4 nitrogen and oxygen atoms in total. The van der Waals surface area contributed by atoms with Gasteiger partial charge in [0.05, 0.1) is 36.2 Å². The Morgan fingerprint density at radius 1 is 0.544 bits per heavy atom. The number of anilines is 4. The van der Waals surface area contributed by atoms with Crippen LogP contribution in [-0.4, -0.2) is 24.3 Å². The van der Waals surface area contributed by atoms with E-state index in [0.29, 0.717) is 17.8 Å². The molecule has 0 amide bonds. The molecule has 3 heterocycles. The molecule has 0 fully saturated rings. The first-order valence-electron chi connectivity index (χ1n) is 20.7. The zero-order valence-electron chi connectivity index (χ0n) is 34.4. The monoisotopic (exact) mass is 754 g/mol. The lowest BCUT2D eigenvalue weighted by molar-refractivity contribution is 0.990. The van der Waals surface area contributed by atoms with Gasteiger partial charge in [0.15, 0.2) is 0 Å². The number of benzene rings is 7. The maximum absolute atomic E-state index is 9.76. The Hall–Kier alpha value is -6.69. The van der Waals surface area contributed by atoms with Crippen LogP contribution in [0.2, 0.25) is 19.6 Å². The molecule has 0 saturated carbocycles. The first kappa shape index (κ1) is 32.5. The van der Waals surface area contributed by atoms with Crippen molar-refractivity contribution in [3.63, 3.8) is 0 Å². The molecule has 1 aliphatic heterocycles. The maximum Gasteiger partial charge on any atom is 0.137 e. The van der Waals surface area contributed by atoms with E-state index in [1.165, 1.54) is 5.19 Å². The summed E-state index contributed by atoms with van der Waals surface area (Å²) in [4.78, 5) is 9.60. The molecule has 0 saturated heterocycles. The Morgan fingerprint density at radius 3 is 1.88 bits per heavy atom. The molecule has 0 radical (unpaired) electrons. The zero-order chi connectivity index (χ0) is 40.3. The molecule has 0 atom stereocenters. The molecule has 10 rings (SSSR count). The van der Waals surface area contributed by atoms with Crippen LogP contribution in [0.5, 0.6) is 0 Å². The highest BCUT2D eigenvalue weighted by atomic mass is 28.3. The maximum atomic E-state index is 9.76. The fourth-order valence-electron chi connectivity index (χ4n) is 8.38. The zero-order valence-corrected chi connectivity index (χ0v) is 33.4. The fourth-order valence-corrected chi connectivity index (χ4v) is 9.52. The van der Waals surface area contributed by atoms with E-state index in [2.05, 4.69) is 186 Å². The number of rotatable bonds is 8. The molecule has 0 aliphatic carbocycles. The number of pyridine rings is 1. The average molecular weight is 755 g/mol. The van der Waals surface area contributed by atoms with E-state index >= 15 is 0 Å². The van der Waals surface area contributed by atoms with Gasteiger partial charge >= 0.3 is 0 Å². The molecule has 5 heteroatoms. The summed E-state index contributed by atoms with van der Waals surface area (Å²) < 4.78 is 21.7. The number of nitrogens with zero attached hydrogens (tertiary/aromatic N) is 4. The van der Waals surface area contributed by atoms with Gasteiger partial charge in [0.2, 0.25) is 0 Å². The van der Waals surface area contributed by atoms with Crippen molar-refractivity contribution >= 4 is 57.8 Å². The van der Waals surface area contributed by atoms with Crippen molar-refractivity contribution in [3.05, 3.63) is 199 Å². The summed E-state index contributed by atoms with van der Waals surface area (Å²) in [5.41, 5.74) is 12.1. The van der Waals surface area contributed by atoms with E-state index in [1.807, 2.05) is 36.5 Å². The molecular formula is C52H44N4Si. The van der Waals surface area contributed by atoms with E-state index < -0.39 is 14.4 Å². The topological polar surface area (TPSA) is 24.3 Å². The third-order valence-electron chi connectivity index (χ3n) is 11.2. The van der Waals surface area contributed by atoms with Gasteiger partial charge in [0.25, 0.3) is 0 Å². The minimum atomic E-state index is -1.79. The van der Waals surface area contributed by atoms with E-state index in [9.17, 15) is 2.74 Å². The first-order valence-corrected chi connectivity index (χ1v) is 23.2. The summed E-state index contributed by atoms with van der Waals surface area (Å²) >= 11 is 0. The lowest BCUT2D eigenvalue weighted by atomic mass is 9.95. The van der Waals surface area contributed by atoms with Gasteiger partial charge in [0, 0.05) is 36.5 Å². The molecule has 276 valence electrons. The van der Waals surface area contributed by atoms with Crippen LogP contribution in [0.1, 0.15) is 13.9 Å². The van der Waals surface area contributed by atoms with Crippen molar-refractivity contribution in [2.24, 2.45) is 0 Å². The van der Waals surface area contributed by atoms with Crippen LogP contribution in [0.4, 0.5) is 22.7 Å². The summed E-state index contributed by atoms with van der Waals surface area (Å²) in [6.07, 6.45) is 0.122. The number of hydrogen-bond donors (Lipinski definition) is 0. The minimum Gasteiger partial charge on any atom is -0.321 e. The van der Waals surface area contributed by atoms with E-state index in [0.717, 1.165) is 72.6 Å². The highest BCUT2D eigenvalue weighted by Gasteiger charge is 2.31. The quantitative estimate of drug-likeness (QED) is 0.144.